The SMILES string of the molecule is CC(NC(=O)c1ccccc1OCC(=O)Nc1ccccc1F)c1ccc(S(C)(=O)=O)cc1. The fourth-order valence-electron chi connectivity index (χ4n) is 3.03. The summed E-state index contributed by atoms with van der Waals surface area (Å²) in [4.78, 5) is 25.1. The minimum Gasteiger partial charge on any atom is -0.483 e. The Labute approximate surface area is 191 Å². The lowest BCUT2D eigenvalue weighted by Gasteiger charge is -2.17. The van der Waals surface area contributed by atoms with Crippen LogP contribution in [0, 0.1) is 5.82 Å². The van der Waals surface area contributed by atoms with E-state index in [1.807, 2.05) is 0 Å². The van der Waals surface area contributed by atoms with E-state index < -0.39 is 40.1 Å². The first kappa shape index (κ1) is 23.9. The van der Waals surface area contributed by atoms with Gasteiger partial charge in [0.2, 0.25) is 0 Å². The lowest BCUT2D eigenvalue weighted by atomic mass is 10.1. The van der Waals surface area contributed by atoms with Gasteiger partial charge in [-0.05, 0) is 48.9 Å². The molecule has 0 aliphatic carbocycles. The number of anilines is 1. The quantitative estimate of drug-likeness (QED) is 0.522. The molecule has 2 amide bonds. The second-order valence-electron chi connectivity index (χ2n) is 7.35. The zero-order chi connectivity index (χ0) is 24.0. The van der Waals surface area contributed by atoms with Crippen molar-refractivity contribution in [2.75, 3.05) is 18.2 Å². The Kier molecular flexibility index (Phi) is 7.44. The molecule has 1 unspecified atom stereocenters. The van der Waals surface area contributed by atoms with Crippen LogP contribution in [-0.2, 0) is 14.6 Å². The van der Waals surface area contributed by atoms with Gasteiger partial charge in [-0.2, -0.15) is 0 Å². The summed E-state index contributed by atoms with van der Waals surface area (Å²) < 4.78 is 42.4. The highest BCUT2D eigenvalue weighted by molar-refractivity contribution is 7.90. The number of hydrogen-bond acceptors (Lipinski definition) is 5. The molecule has 9 heteroatoms. The van der Waals surface area contributed by atoms with Gasteiger partial charge >= 0.3 is 0 Å². The van der Waals surface area contributed by atoms with Crippen LogP contribution in [0.5, 0.6) is 5.75 Å². The molecule has 0 aromatic heterocycles. The topological polar surface area (TPSA) is 102 Å². The van der Waals surface area contributed by atoms with Crippen LogP contribution < -0.4 is 15.4 Å². The molecule has 1 atom stereocenters. The predicted octanol–water partition coefficient (Wildman–Crippen LogP) is 3.74. The van der Waals surface area contributed by atoms with Crippen LogP contribution in [-0.4, -0.2) is 33.1 Å². The van der Waals surface area contributed by atoms with Crippen molar-refractivity contribution in [3.63, 3.8) is 0 Å². The summed E-state index contributed by atoms with van der Waals surface area (Å²) in [6, 6.07) is 18.0. The molecule has 0 saturated heterocycles. The number of amides is 2. The Balaban J connectivity index is 1.64. The number of halogens is 1. The lowest BCUT2D eigenvalue weighted by molar-refractivity contribution is -0.118. The predicted molar refractivity (Wildman–Crippen MR) is 122 cm³/mol. The van der Waals surface area contributed by atoms with E-state index >= 15 is 0 Å². The minimum absolute atomic E-state index is 0.0350. The van der Waals surface area contributed by atoms with Gasteiger partial charge in [-0.15, -0.1) is 0 Å². The van der Waals surface area contributed by atoms with Crippen LogP contribution in [0.4, 0.5) is 10.1 Å². The fourth-order valence-corrected chi connectivity index (χ4v) is 3.66. The molecule has 0 spiro atoms. The summed E-state index contributed by atoms with van der Waals surface area (Å²) in [7, 11) is -3.31. The number of hydrogen-bond donors (Lipinski definition) is 2. The van der Waals surface area contributed by atoms with Crippen molar-refractivity contribution in [1.29, 1.82) is 0 Å². The maximum absolute atomic E-state index is 13.7. The molecule has 33 heavy (non-hydrogen) atoms. The zero-order valence-electron chi connectivity index (χ0n) is 18.0. The van der Waals surface area contributed by atoms with E-state index in [0.29, 0.717) is 0 Å². The molecule has 0 saturated carbocycles. The van der Waals surface area contributed by atoms with Crippen molar-refractivity contribution in [1.82, 2.24) is 5.32 Å². The van der Waals surface area contributed by atoms with Crippen LogP contribution in [0.2, 0.25) is 0 Å². The summed E-state index contributed by atoms with van der Waals surface area (Å²) in [5.41, 5.74) is 0.974. The summed E-state index contributed by atoms with van der Waals surface area (Å²) >= 11 is 0. The van der Waals surface area contributed by atoms with Gasteiger partial charge < -0.3 is 15.4 Å². The van der Waals surface area contributed by atoms with E-state index in [0.717, 1.165) is 11.8 Å². The molecule has 0 radical (unpaired) electrons. The Hall–Kier alpha value is -3.72. The second-order valence-corrected chi connectivity index (χ2v) is 9.36. The van der Waals surface area contributed by atoms with Gasteiger partial charge in [0.05, 0.1) is 22.2 Å². The Bertz CT molecular complexity index is 1260. The Morgan fingerprint density at radius 2 is 1.61 bits per heavy atom. The highest BCUT2D eigenvalue weighted by Gasteiger charge is 2.17. The van der Waals surface area contributed by atoms with Gasteiger partial charge in [-0.3, -0.25) is 9.59 Å². The number of para-hydroxylation sites is 2. The molecular formula is C24H23FN2O5S. The Morgan fingerprint density at radius 3 is 2.27 bits per heavy atom. The first-order chi connectivity index (χ1) is 15.6. The van der Waals surface area contributed by atoms with Crippen molar-refractivity contribution < 1.29 is 27.1 Å². The fraction of sp³-hybridized carbons (Fsp3) is 0.167. The summed E-state index contributed by atoms with van der Waals surface area (Å²) in [6.07, 6.45) is 1.13. The maximum Gasteiger partial charge on any atom is 0.262 e. The van der Waals surface area contributed by atoms with Crippen molar-refractivity contribution in [3.05, 3.63) is 89.7 Å². The molecule has 3 aromatic carbocycles. The molecule has 172 valence electrons. The van der Waals surface area contributed by atoms with Crippen molar-refractivity contribution in [2.24, 2.45) is 0 Å². The number of benzene rings is 3. The molecule has 2 N–H and O–H groups in total. The third kappa shape index (κ3) is 6.39. The van der Waals surface area contributed by atoms with Crippen LogP contribution in [0.1, 0.15) is 28.9 Å². The number of carbonyl (C=O) groups is 2. The minimum atomic E-state index is -3.31. The highest BCUT2D eigenvalue weighted by Crippen LogP contribution is 2.21. The van der Waals surface area contributed by atoms with Gasteiger partial charge in [0.1, 0.15) is 11.6 Å². The number of ether oxygens (including phenoxy) is 1. The Morgan fingerprint density at radius 1 is 0.970 bits per heavy atom. The molecule has 3 rings (SSSR count). The van der Waals surface area contributed by atoms with Gasteiger partial charge in [-0.25, -0.2) is 12.8 Å². The van der Waals surface area contributed by atoms with E-state index in [2.05, 4.69) is 10.6 Å². The molecule has 0 bridgehead atoms. The van der Waals surface area contributed by atoms with Crippen LogP contribution in [0.25, 0.3) is 0 Å². The maximum atomic E-state index is 13.7. The third-order valence-corrected chi connectivity index (χ3v) is 5.92. The standard InChI is InChI=1S/C24H23FN2O5S/c1-16(17-11-13-18(14-12-17)33(2,30)31)26-24(29)19-7-3-6-10-22(19)32-15-23(28)27-21-9-5-4-8-20(21)25/h3-14,16H,15H2,1-2H3,(H,26,29)(H,27,28). The number of rotatable bonds is 8. The number of sulfone groups is 1. The van der Waals surface area contributed by atoms with Gasteiger partial charge in [-0.1, -0.05) is 36.4 Å². The number of carbonyl (C=O) groups excluding carboxylic acids is 2. The monoisotopic (exact) mass is 470 g/mol. The lowest BCUT2D eigenvalue weighted by Crippen LogP contribution is -2.28. The van der Waals surface area contributed by atoms with Gasteiger partial charge in [0.25, 0.3) is 11.8 Å². The van der Waals surface area contributed by atoms with Gasteiger partial charge in [0, 0.05) is 6.26 Å². The van der Waals surface area contributed by atoms with Crippen molar-refractivity contribution >= 4 is 27.3 Å². The van der Waals surface area contributed by atoms with E-state index in [-0.39, 0.29) is 21.9 Å². The number of nitrogens with one attached hydrogen (secondary N) is 2. The largest absolute Gasteiger partial charge is 0.483 e. The van der Waals surface area contributed by atoms with Crippen LogP contribution in [0.15, 0.2) is 77.7 Å². The molecule has 0 aliphatic heterocycles. The molecule has 0 fully saturated rings. The summed E-state index contributed by atoms with van der Waals surface area (Å²) in [5, 5.41) is 5.24. The smallest absolute Gasteiger partial charge is 0.262 e. The second kappa shape index (κ2) is 10.3. The molecule has 3 aromatic rings. The van der Waals surface area contributed by atoms with Gasteiger partial charge in [0.15, 0.2) is 16.4 Å². The average Bonchev–Trinajstić information content (AvgIpc) is 2.79. The van der Waals surface area contributed by atoms with E-state index in [9.17, 15) is 22.4 Å². The normalized spacial score (nSPS) is 12.0. The summed E-state index contributed by atoms with van der Waals surface area (Å²) in [5.74, 6) is -1.38. The zero-order valence-corrected chi connectivity index (χ0v) is 18.9. The van der Waals surface area contributed by atoms with Crippen molar-refractivity contribution in [3.8, 4) is 5.75 Å². The van der Waals surface area contributed by atoms with Crippen molar-refractivity contribution in [2.45, 2.75) is 17.9 Å². The molecular weight excluding hydrogens is 447 g/mol. The third-order valence-electron chi connectivity index (χ3n) is 4.79. The molecule has 7 nitrogen and oxygen atoms in total. The first-order valence-corrected chi connectivity index (χ1v) is 11.9. The van der Waals surface area contributed by atoms with Crippen LogP contribution >= 0.6 is 0 Å². The first-order valence-electron chi connectivity index (χ1n) is 10.0. The molecule has 0 heterocycles. The average molecular weight is 471 g/mol. The van der Waals surface area contributed by atoms with Crippen LogP contribution in [0.3, 0.4) is 0 Å². The highest BCUT2D eigenvalue weighted by atomic mass is 32.2. The van der Waals surface area contributed by atoms with E-state index in [1.165, 1.54) is 30.3 Å². The summed E-state index contributed by atoms with van der Waals surface area (Å²) in [6.45, 7) is 1.35. The van der Waals surface area contributed by atoms with E-state index in [1.54, 1.807) is 49.4 Å². The molecule has 0 aliphatic rings. The van der Waals surface area contributed by atoms with E-state index in [4.69, 9.17) is 4.74 Å².